The molecule has 0 bridgehead atoms. The van der Waals surface area contributed by atoms with Crippen molar-refractivity contribution in [3.63, 3.8) is 0 Å². The Kier molecular flexibility index (Phi) is 6.83. The first-order chi connectivity index (χ1) is 13.2. The second-order valence-corrected chi connectivity index (χ2v) is 6.63. The van der Waals surface area contributed by atoms with E-state index in [4.69, 9.17) is 11.6 Å². The number of halogens is 1. The van der Waals surface area contributed by atoms with Gasteiger partial charge in [0.1, 0.15) is 5.82 Å². The fourth-order valence-electron chi connectivity index (χ4n) is 2.74. The summed E-state index contributed by atoms with van der Waals surface area (Å²) in [5.41, 5.74) is 2.78. The third-order valence-corrected chi connectivity index (χ3v) is 4.58. The van der Waals surface area contributed by atoms with E-state index in [1.807, 2.05) is 30.3 Å². The molecule has 1 aromatic heterocycles. The molecular formula is C22H22ClN3O. The Balaban J connectivity index is 1.49. The lowest BCUT2D eigenvalue weighted by Gasteiger charge is -2.09. The van der Waals surface area contributed by atoms with Gasteiger partial charge in [0, 0.05) is 29.9 Å². The Morgan fingerprint density at radius 1 is 1.00 bits per heavy atom. The SMILES string of the molecule is O=C(NCc1ccccc1Cl)c1ccnc(NCCCc2ccccc2)c1. The number of rotatable bonds is 8. The lowest BCUT2D eigenvalue weighted by atomic mass is 10.1. The highest BCUT2D eigenvalue weighted by Crippen LogP contribution is 2.15. The number of hydrogen-bond donors (Lipinski definition) is 2. The molecule has 27 heavy (non-hydrogen) atoms. The topological polar surface area (TPSA) is 54.0 Å². The highest BCUT2D eigenvalue weighted by Gasteiger charge is 2.08. The molecule has 0 aliphatic heterocycles. The second-order valence-electron chi connectivity index (χ2n) is 6.22. The van der Waals surface area contributed by atoms with Gasteiger partial charge < -0.3 is 10.6 Å². The number of carbonyl (C=O) groups excluding carboxylic acids is 1. The van der Waals surface area contributed by atoms with E-state index in [0.717, 1.165) is 24.9 Å². The Bertz CT molecular complexity index is 883. The molecule has 0 saturated heterocycles. The quantitative estimate of drug-likeness (QED) is 0.557. The average Bonchev–Trinajstić information content (AvgIpc) is 2.71. The molecule has 0 aliphatic rings. The van der Waals surface area contributed by atoms with Gasteiger partial charge in [-0.1, -0.05) is 60.1 Å². The zero-order valence-corrected chi connectivity index (χ0v) is 15.7. The number of aryl methyl sites for hydroxylation is 1. The number of aromatic nitrogens is 1. The van der Waals surface area contributed by atoms with Crippen LogP contribution in [0.25, 0.3) is 0 Å². The van der Waals surface area contributed by atoms with Crippen LogP contribution >= 0.6 is 11.6 Å². The first-order valence-corrected chi connectivity index (χ1v) is 9.35. The van der Waals surface area contributed by atoms with Crippen molar-refractivity contribution in [2.75, 3.05) is 11.9 Å². The van der Waals surface area contributed by atoms with Gasteiger partial charge in [-0.3, -0.25) is 4.79 Å². The number of pyridine rings is 1. The van der Waals surface area contributed by atoms with Gasteiger partial charge in [0.2, 0.25) is 0 Å². The zero-order valence-electron chi connectivity index (χ0n) is 15.0. The van der Waals surface area contributed by atoms with Crippen molar-refractivity contribution >= 4 is 23.3 Å². The predicted molar refractivity (Wildman–Crippen MR) is 110 cm³/mol. The van der Waals surface area contributed by atoms with Gasteiger partial charge >= 0.3 is 0 Å². The van der Waals surface area contributed by atoms with Crippen LogP contribution < -0.4 is 10.6 Å². The average molecular weight is 380 g/mol. The molecule has 5 heteroatoms. The summed E-state index contributed by atoms with van der Waals surface area (Å²) >= 11 is 6.12. The molecule has 3 rings (SSSR count). The van der Waals surface area contributed by atoms with Gasteiger partial charge in [-0.2, -0.15) is 0 Å². The number of amides is 1. The maximum atomic E-state index is 12.4. The van der Waals surface area contributed by atoms with Crippen molar-refractivity contribution in [3.8, 4) is 0 Å². The van der Waals surface area contributed by atoms with Crippen LogP contribution in [0.3, 0.4) is 0 Å². The normalized spacial score (nSPS) is 10.4. The third kappa shape index (κ3) is 5.83. The third-order valence-electron chi connectivity index (χ3n) is 4.21. The van der Waals surface area contributed by atoms with Crippen molar-refractivity contribution < 1.29 is 4.79 Å². The number of nitrogens with zero attached hydrogens (tertiary/aromatic N) is 1. The number of hydrogen-bond acceptors (Lipinski definition) is 3. The zero-order chi connectivity index (χ0) is 18.9. The molecule has 0 fully saturated rings. The lowest BCUT2D eigenvalue weighted by Crippen LogP contribution is -2.23. The number of benzene rings is 2. The van der Waals surface area contributed by atoms with Crippen LogP contribution in [0.15, 0.2) is 72.9 Å². The van der Waals surface area contributed by atoms with E-state index in [1.165, 1.54) is 5.56 Å². The lowest BCUT2D eigenvalue weighted by molar-refractivity contribution is 0.0951. The van der Waals surface area contributed by atoms with Crippen LogP contribution in [0.5, 0.6) is 0 Å². The summed E-state index contributed by atoms with van der Waals surface area (Å²) in [5.74, 6) is 0.554. The Morgan fingerprint density at radius 3 is 2.59 bits per heavy atom. The minimum Gasteiger partial charge on any atom is -0.370 e. The van der Waals surface area contributed by atoms with Crippen LogP contribution in [0, 0.1) is 0 Å². The molecule has 2 N–H and O–H groups in total. The van der Waals surface area contributed by atoms with E-state index in [0.29, 0.717) is 22.9 Å². The molecule has 4 nitrogen and oxygen atoms in total. The highest BCUT2D eigenvalue weighted by atomic mass is 35.5. The molecule has 0 atom stereocenters. The molecule has 2 aromatic carbocycles. The summed E-state index contributed by atoms with van der Waals surface area (Å²) in [5, 5.41) is 6.82. The number of anilines is 1. The second kappa shape index (κ2) is 9.74. The molecule has 0 saturated carbocycles. The molecule has 1 heterocycles. The molecule has 0 unspecified atom stereocenters. The van der Waals surface area contributed by atoms with Crippen LogP contribution in [0.2, 0.25) is 5.02 Å². The van der Waals surface area contributed by atoms with E-state index < -0.39 is 0 Å². The summed E-state index contributed by atoms with van der Waals surface area (Å²) in [6, 6.07) is 21.3. The van der Waals surface area contributed by atoms with Gasteiger partial charge in [0.05, 0.1) is 0 Å². The van der Waals surface area contributed by atoms with Crippen molar-refractivity contribution in [1.82, 2.24) is 10.3 Å². The Labute approximate surface area is 164 Å². The molecule has 0 aliphatic carbocycles. The molecule has 0 spiro atoms. The molecule has 138 valence electrons. The van der Waals surface area contributed by atoms with E-state index in [2.05, 4.69) is 39.9 Å². The first-order valence-electron chi connectivity index (χ1n) is 8.98. The first kappa shape index (κ1) is 18.9. The maximum Gasteiger partial charge on any atom is 0.251 e. The van der Waals surface area contributed by atoms with Gasteiger partial charge in [-0.05, 0) is 42.2 Å². The smallest absolute Gasteiger partial charge is 0.251 e. The van der Waals surface area contributed by atoms with Crippen molar-refractivity contribution in [2.45, 2.75) is 19.4 Å². The summed E-state index contributed by atoms with van der Waals surface area (Å²) in [6.45, 7) is 1.19. The van der Waals surface area contributed by atoms with Crippen molar-refractivity contribution in [2.24, 2.45) is 0 Å². The van der Waals surface area contributed by atoms with Crippen molar-refractivity contribution in [3.05, 3.63) is 94.6 Å². The van der Waals surface area contributed by atoms with E-state index in [1.54, 1.807) is 18.3 Å². The largest absolute Gasteiger partial charge is 0.370 e. The van der Waals surface area contributed by atoms with Crippen LogP contribution in [-0.2, 0) is 13.0 Å². The minimum absolute atomic E-state index is 0.148. The summed E-state index contributed by atoms with van der Waals surface area (Å²) in [7, 11) is 0. The fraction of sp³-hybridized carbons (Fsp3) is 0.182. The minimum atomic E-state index is -0.148. The maximum absolute atomic E-state index is 12.4. The van der Waals surface area contributed by atoms with E-state index in [-0.39, 0.29) is 5.91 Å². The van der Waals surface area contributed by atoms with Crippen LogP contribution in [0.1, 0.15) is 27.9 Å². The van der Waals surface area contributed by atoms with E-state index >= 15 is 0 Å². The monoisotopic (exact) mass is 379 g/mol. The Hall–Kier alpha value is -2.85. The van der Waals surface area contributed by atoms with Gasteiger partial charge in [0.25, 0.3) is 5.91 Å². The predicted octanol–water partition coefficient (Wildman–Crippen LogP) is 4.71. The van der Waals surface area contributed by atoms with Gasteiger partial charge in [-0.15, -0.1) is 0 Å². The Morgan fingerprint density at radius 2 is 1.78 bits per heavy atom. The molecule has 0 radical (unpaired) electrons. The van der Waals surface area contributed by atoms with Crippen LogP contribution in [0.4, 0.5) is 5.82 Å². The van der Waals surface area contributed by atoms with Gasteiger partial charge in [0.15, 0.2) is 0 Å². The highest BCUT2D eigenvalue weighted by molar-refractivity contribution is 6.31. The van der Waals surface area contributed by atoms with Gasteiger partial charge in [-0.25, -0.2) is 4.98 Å². The van der Waals surface area contributed by atoms with E-state index in [9.17, 15) is 4.79 Å². The van der Waals surface area contributed by atoms with Crippen molar-refractivity contribution in [1.29, 1.82) is 0 Å². The fourth-order valence-corrected chi connectivity index (χ4v) is 2.94. The van der Waals surface area contributed by atoms with Crippen LogP contribution in [-0.4, -0.2) is 17.4 Å². The summed E-state index contributed by atoms with van der Waals surface area (Å²) < 4.78 is 0. The molecular weight excluding hydrogens is 358 g/mol. The summed E-state index contributed by atoms with van der Waals surface area (Å²) in [6.07, 6.45) is 3.64. The summed E-state index contributed by atoms with van der Waals surface area (Å²) in [4.78, 5) is 16.7. The number of carbonyl (C=O) groups is 1. The molecule has 1 amide bonds. The standard InChI is InChI=1S/C22H22ClN3O/c23-20-11-5-4-10-19(20)16-26-22(27)18-12-14-25-21(15-18)24-13-6-9-17-7-2-1-3-8-17/h1-5,7-8,10-12,14-15H,6,9,13,16H2,(H,24,25)(H,26,27). The molecule has 3 aromatic rings. The number of nitrogens with one attached hydrogen (secondary N) is 2.